The molecule has 13 heavy (non-hydrogen) atoms. The number of H-pyrrole nitrogens is 1. The van der Waals surface area contributed by atoms with E-state index in [4.69, 9.17) is 0 Å². The highest BCUT2D eigenvalue weighted by molar-refractivity contribution is 7.98. The van der Waals surface area contributed by atoms with Crippen LogP contribution in [0.25, 0.3) is 10.9 Å². The molecule has 1 aliphatic rings. The maximum atomic E-state index is 4.16. The fourth-order valence-electron chi connectivity index (χ4n) is 1.87. The van der Waals surface area contributed by atoms with Gasteiger partial charge in [0.15, 0.2) is 0 Å². The number of aromatic nitrogens is 2. The minimum absolute atomic E-state index is 1.14. The van der Waals surface area contributed by atoms with E-state index in [2.05, 4.69) is 16.0 Å². The molecule has 2 aromatic rings. The number of pyridine rings is 1. The monoisotopic (exact) mass is 190 g/mol. The van der Waals surface area contributed by atoms with Crippen molar-refractivity contribution in [2.75, 3.05) is 5.75 Å². The predicted molar refractivity (Wildman–Crippen MR) is 56.0 cm³/mol. The predicted octanol–water partition coefficient (Wildman–Crippen LogP) is 2.35. The largest absolute Gasteiger partial charge is 0.358 e. The Morgan fingerprint density at radius 1 is 1.46 bits per heavy atom. The summed E-state index contributed by atoms with van der Waals surface area (Å²) in [7, 11) is 0. The molecule has 0 amide bonds. The van der Waals surface area contributed by atoms with Crippen LogP contribution in [0.3, 0.4) is 0 Å². The summed E-state index contributed by atoms with van der Waals surface area (Å²) < 4.78 is 0. The molecule has 1 aliphatic heterocycles. The van der Waals surface area contributed by atoms with E-state index < -0.39 is 0 Å². The normalized spacial score (nSPS) is 16.0. The van der Waals surface area contributed by atoms with Crippen molar-refractivity contribution in [3.05, 3.63) is 29.7 Å². The number of fused-ring (bicyclic) bond motifs is 3. The van der Waals surface area contributed by atoms with Gasteiger partial charge in [-0.05, 0) is 23.8 Å². The molecular formula is C10H10N2S. The summed E-state index contributed by atoms with van der Waals surface area (Å²) in [4.78, 5) is 7.63. The number of aryl methyl sites for hydroxylation is 1. The summed E-state index contributed by atoms with van der Waals surface area (Å²) >= 11 is 2.01. The lowest BCUT2D eigenvalue weighted by Crippen LogP contribution is -1.99. The third kappa shape index (κ3) is 1.07. The van der Waals surface area contributed by atoms with Gasteiger partial charge in [0.2, 0.25) is 0 Å². The summed E-state index contributed by atoms with van der Waals surface area (Å²) in [5.74, 6) is 2.38. The van der Waals surface area contributed by atoms with E-state index in [1.54, 1.807) is 0 Å². The Labute approximate surface area is 80.8 Å². The number of aromatic amines is 1. The Kier molecular flexibility index (Phi) is 1.59. The van der Waals surface area contributed by atoms with Gasteiger partial charge in [-0.2, -0.15) is 11.8 Å². The van der Waals surface area contributed by atoms with Gasteiger partial charge in [0.25, 0.3) is 0 Å². The van der Waals surface area contributed by atoms with Crippen LogP contribution in [0.5, 0.6) is 0 Å². The zero-order valence-corrected chi connectivity index (χ0v) is 8.03. The average Bonchev–Trinajstić information content (AvgIpc) is 2.56. The third-order valence-corrected chi connectivity index (χ3v) is 3.52. The van der Waals surface area contributed by atoms with Crippen molar-refractivity contribution in [1.82, 2.24) is 9.97 Å². The Bertz CT molecular complexity index is 447. The van der Waals surface area contributed by atoms with Crippen LogP contribution >= 0.6 is 11.8 Å². The van der Waals surface area contributed by atoms with E-state index in [1.165, 1.54) is 34.3 Å². The van der Waals surface area contributed by atoms with Gasteiger partial charge in [-0.1, -0.05) is 0 Å². The van der Waals surface area contributed by atoms with Crippen LogP contribution in [0.1, 0.15) is 11.3 Å². The van der Waals surface area contributed by atoms with E-state index in [1.807, 2.05) is 24.2 Å². The third-order valence-electron chi connectivity index (χ3n) is 2.54. The molecule has 3 rings (SSSR count). The Morgan fingerprint density at radius 3 is 3.46 bits per heavy atom. The van der Waals surface area contributed by atoms with Gasteiger partial charge < -0.3 is 4.98 Å². The molecule has 0 unspecified atom stereocenters. The van der Waals surface area contributed by atoms with Gasteiger partial charge >= 0.3 is 0 Å². The van der Waals surface area contributed by atoms with Crippen LogP contribution in [-0.4, -0.2) is 15.7 Å². The summed E-state index contributed by atoms with van der Waals surface area (Å²) in [6.07, 6.45) is 4.99. The van der Waals surface area contributed by atoms with E-state index in [-0.39, 0.29) is 0 Å². The first-order valence-electron chi connectivity index (χ1n) is 4.46. The van der Waals surface area contributed by atoms with E-state index in [9.17, 15) is 0 Å². The van der Waals surface area contributed by atoms with Crippen LogP contribution < -0.4 is 0 Å². The highest BCUT2D eigenvalue weighted by Crippen LogP contribution is 2.30. The Morgan fingerprint density at radius 2 is 2.46 bits per heavy atom. The van der Waals surface area contributed by atoms with E-state index in [0.29, 0.717) is 0 Å². The molecule has 0 spiro atoms. The maximum absolute atomic E-state index is 4.16. The second kappa shape index (κ2) is 2.77. The second-order valence-electron chi connectivity index (χ2n) is 3.31. The molecule has 66 valence electrons. The lowest BCUT2D eigenvalue weighted by atomic mass is 10.1. The van der Waals surface area contributed by atoms with Crippen molar-refractivity contribution < 1.29 is 0 Å². The Hall–Kier alpha value is -0.960. The van der Waals surface area contributed by atoms with E-state index in [0.717, 1.165) is 5.75 Å². The van der Waals surface area contributed by atoms with Crippen molar-refractivity contribution in [2.45, 2.75) is 12.2 Å². The first-order valence-corrected chi connectivity index (χ1v) is 5.62. The van der Waals surface area contributed by atoms with Crippen molar-refractivity contribution >= 4 is 22.7 Å². The highest BCUT2D eigenvalue weighted by Gasteiger charge is 2.14. The number of nitrogens with one attached hydrogen (secondary N) is 1. The maximum Gasteiger partial charge on any atom is 0.0490 e. The van der Waals surface area contributed by atoms with Gasteiger partial charge in [-0.3, -0.25) is 4.98 Å². The fraction of sp³-hybridized carbons (Fsp3) is 0.300. The minimum atomic E-state index is 1.14. The van der Waals surface area contributed by atoms with Crippen molar-refractivity contribution in [1.29, 1.82) is 0 Å². The summed E-state index contributed by atoms with van der Waals surface area (Å²) in [5.41, 5.74) is 4.13. The van der Waals surface area contributed by atoms with Gasteiger partial charge in [-0.15, -0.1) is 0 Å². The first kappa shape index (κ1) is 7.44. The topological polar surface area (TPSA) is 28.7 Å². The second-order valence-corrected chi connectivity index (χ2v) is 4.41. The molecule has 0 saturated carbocycles. The lowest BCUT2D eigenvalue weighted by Gasteiger charge is -2.09. The molecule has 2 nitrogen and oxygen atoms in total. The number of hydrogen-bond donors (Lipinski definition) is 1. The molecule has 3 heterocycles. The SMILES string of the molecule is c1cc2[nH]c3c(c2cn1)CSCC3. The number of thioether (sulfide) groups is 1. The highest BCUT2D eigenvalue weighted by atomic mass is 32.2. The molecule has 0 bridgehead atoms. The lowest BCUT2D eigenvalue weighted by molar-refractivity contribution is 1.04. The zero-order valence-electron chi connectivity index (χ0n) is 7.21. The Balaban J connectivity index is 2.34. The summed E-state index contributed by atoms with van der Waals surface area (Å²) in [5, 5.41) is 1.31. The van der Waals surface area contributed by atoms with Gasteiger partial charge in [0.1, 0.15) is 0 Å². The molecule has 0 radical (unpaired) electrons. The standard InChI is InChI=1S/C10H10N2S/c1-3-11-5-7-8-6-13-4-2-10(8)12-9(1)7/h1,3,5,12H,2,4,6H2. The number of rotatable bonds is 0. The molecule has 0 atom stereocenters. The molecule has 3 heteroatoms. The van der Waals surface area contributed by atoms with Gasteiger partial charge in [0.05, 0.1) is 0 Å². The zero-order chi connectivity index (χ0) is 8.67. The van der Waals surface area contributed by atoms with Crippen LogP contribution in [0.4, 0.5) is 0 Å². The number of hydrogen-bond acceptors (Lipinski definition) is 2. The van der Waals surface area contributed by atoms with Crippen molar-refractivity contribution in [2.24, 2.45) is 0 Å². The summed E-state index contributed by atoms with van der Waals surface area (Å²) in [6.45, 7) is 0. The van der Waals surface area contributed by atoms with Crippen LogP contribution in [0.2, 0.25) is 0 Å². The van der Waals surface area contributed by atoms with Gasteiger partial charge in [0, 0.05) is 34.7 Å². The van der Waals surface area contributed by atoms with Crippen molar-refractivity contribution in [3.63, 3.8) is 0 Å². The molecule has 0 saturated heterocycles. The smallest absolute Gasteiger partial charge is 0.0490 e. The molecule has 0 aromatic carbocycles. The summed E-state index contributed by atoms with van der Waals surface area (Å²) in [6, 6.07) is 2.05. The van der Waals surface area contributed by atoms with Crippen LogP contribution in [0.15, 0.2) is 18.5 Å². The quantitative estimate of drug-likeness (QED) is 0.690. The molecule has 1 N–H and O–H groups in total. The fourth-order valence-corrected chi connectivity index (χ4v) is 2.90. The molecule has 2 aromatic heterocycles. The molecular weight excluding hydrogens is 180 g/mol. The van der Waals surface area contributed by atoms with E-state index >= 15 is 0 Å². The van der Waals surface area contributed by atoms with Crippen LogP contribution in [0, 0.1) is 0 Å². The van der Waals surface area contributed by atoms with Crippen LogP contribution in [-0.2, 0) is 12.2 Å². The van der Waals surface area contributed by atoms with Crippen molar-refractivity contribution in [3.8, 4) is 0 Å². The minimum Gasteiger partial charge on any atom is -0.358 e. The average molecular weight is 190 g/mol. The number of nitrogens with zero attached hydrogens (tertiary/aromatic N) is 1. The first-order chi connectivity index (χ1) is 6.45. The molecule has 0 aliphatic carbocycles. The van der Waals surface area contributed by atoms with Gasteiger partial charge in [-0.25, -0.2) is 0 Å². The molecule has 0 fully saturated rings.